The molecule has 0 saturated carbocycles. The van der Waals surface area contributed by atoms with E-state index in [1.54, 1.807) is 0 Å². The van der Waals surface area contributed by atoms with Gasteiger partial charge in [-0.15, -0.1) is 0 Å². The summed E-state index contributed by atoms with van der Waals surface area (Å²) in [5.74, 6) is 0.740. The number of hydrogen-bond donors (Lipinski definition) is 1. The van der Waals surface area contributed by atoms with Crippen LogP contribution in [0.5, 0.6) is 5.75 Å². The van der Waals surface area contributed by atoms with Crippen LogP contribution in [-0.4, -0.2) is 79.0 Å². The van der Waals surface area contributed by atoms with Gasteiger partial charge in [-0.2, -0.15) is 0 Å². The zero-order valence-electron chi connectivity index (χ0n) is 14.9. The molecule has 1 amide bonds. The van der Waals surface area contributed by atoms with Gasteiger partial charge in [0.2, 0.25) is 0 Å². The van der Waals surface area contributed by atoms with E-state index >= 15 is 0 Å². The number of nitrogens with zero attached hydrogens (tertiary/aromatic N) is 2. The molecule has 2 aliphatic rings. The average molecular weight is 348 g/mol. The lowest BCUT2D eigenvalue weighted by Gasteiger charge is -2.40. The Balaban J connectivity index is 1.40. The monoisotopic (exact) mass is 348 g/mol. The van der Waals surface area contributed by atoms with E-state index in [0.29, 0.717) is 45.7 Å². The minimum absolute atomic E-state index is 0.0185. The smallest absolute Gasteiger partial charge is 0.260 e. The van der Waals surface area contributed by atoms with Gasteiger partial charge in [0.25, 0.3) is 5.91 Å². The molecule has 1 N–H and O–H groups in total. The van der Waals surface area contributed by atoms with E-state index in [1.165, 1.54) is 5.56 Å². The molecule has 1 aromatic rings. The Morgan fingerprint density at radius 1 is 1.16 bits per heavy atom. The summed E-state index contributed by atoms with van der Waals surface area (Å²) in [5.41, 5.74) is 0.528. The minimum Gasteiger partial charge on any atom is -0.484 e. The zero-order valence-corrected chi connectivity index (χ0v) is 14.9. The number of rotatable bonds is 5. The molecule has 0 atom stereocenters. The van der Waals surface area contributed by atoms with Crippen LogP contribution >= 0.6 is 0 Å². The molecule has 6 nitrogen and oxygen atoms in total. The number of carbonyl (C=O) groups excluding carboxylic acids is 1. The predicted octanol–water partition coefficient (Wildman–Crippen LogP) is 1.06. The van der Waals surface area contributed by atoms with Crippen molar-refractivity contribution in [3.8, 4) is 5.75 Å². The highest BCUT2D eigenvalue weighted by atomic mass is 16.5. The van der Waals surface area contributed by atoms with Crippen molar-refractivity contribution in [1.29, 1.82) is 0 Å². The quantitative estimate of drug-likeness (QED) is 0.862. The van der Waals surface area contributed by atoms with Crippen LogP contribution in [0.1, 0.15) is 18.4 Å². The summed E-state index contributed by atoms with van der Waals surface area (Å²) >= 11 is 0. The summed E-state index contributed by atoms with van der Waals surface area (Å²) in [5, 5.41) is 10.6. The van der Waals surface area contributed by atoms with Crippen molar-refractivity contribution in [1.82, 2.24) is 9.80 Å². The second-order valence-electron chi connectivity index (χ2n) is 7.10. The number of carbonyl (C=O) groups is 1. The number of hydrogen-bond acceptors (Lipinski definition) is 5. The summed E-state index contributed by atoms with van der Waals surface area (Å²) in [6.07, 6.45) is 1.38. The lowest BCUT2D eigenvalue weighted by atomic mass is 9.93. The zero-order chi connectivity index (χ0) is 17.7. The highest BCUT2D eigenvalue weighted by Gasteiger charge is 2.33. The fraction of sp³-hybridized carbons (Fsp3) is 0.632. The van der Waals surface area contributed by atoms with Gasteiger partial charge in [-0.1, -0.05) is 17.7 Å². The largest absolute Gasteiger partial charge is 0.484 e. The Kier molecular flexibility index (Phi) is 5.93. The third-order valence-corrected chi connectivity index (χ3v) is 5.05. The molecule has 0 aliphatic carbocycles. The molecule has 3 rings (SSSR count). The number of benzene rings is 1. The van der Waals surface area contributed by atoms with Crippen LogP contribution in [0.4, 0.5) is 0 Å². The van der Waals surface area contributed by atoms with Gasteiger partial charge in [0.05, 0.1) is 5.60 Å². The molecule has 2 heterocycles. The molecular weight excluding hydrogens is 320 g/mol. The Bertz CT molecular complexity index is 561. The van der Waals surface area contributed by atoms with Crippen LogP contribution in [-0.2, 0) is 9.53 Å². The van der Waals surface area contributed by atoms with E-state index in [9.17, 15) is 9.90 Å². The topological polar surface area (TPSA) is 62.2 Å². The number of piperazine rings is 1. The average Bonchev–Trinajstić information content (AvgIpc) is 2.62. The first-order valence-electron chi connectivity index (χ1n) is 9.04. The van der Waals surface area contributed by atoms with E-state index in [1.807, 2.05) is 36.1 Å². The predicted molar refractivity (Wildman–Crippen MR) is 94.7 cm³/mol. The first kappa shape index (κ1) is 18.2. The number of aliphatic hydroxyl groups is 1. The molecule has 25 heavy (non-hydrogen) atoms. The lowest BCUT2D eigenvalue weighted by Crippen LogP contribution is -2.55. The Labute approximate surface area is 149 Å². The van der Waals surface area contributed by atoms with Gasteiger partial charge in [0.15, 0.2) is 6.61 Å². The molecule has 0 aromatic heterocycles. The first-order valence-corrected chi connectivity index (χ1v) is 9.04. The van der Waals surface area contributed by atoms with Crippen LogP contribution < -0.4 is 4.74 Å². The minimum atomic E-state index is -0.640. The lowest BCUT2D eigenvalue weighted by molar-refractivity contribution is -0.136. The van der Waals surface area contributed by atoms with Gasteiger partial charge in [-0.05, 0) is 19.1 Å². The molecule has 0 spiro atoms. The fourth-order valence-electron chi connectivity index (χ4n) is 3.35. The van der Waals surface area contributed by atoms with Gasteiger partial charge in [-0.3, -0.25) is 9.69 Å². The molecule has 0 radical (unpaired) electrons. The van der Waals surface area contributed by atoms with Gasteiger partial charge in [-0.25, -0.2) is 0 Å². The third kappa shape index (κ3) is 5.17. The van der Waals surface area contributed by atoms with Gasteiger partial charge < -0.3 is 19.5 Å². The maximum absolute atomic E-state index is 12.3. The summed E-state index contributed by atoms with van der Waals surface area (Å²) in [6.45, 7) is 6.97. The van der Waals surface area contributed by atoms with E-state index < -0.39 is 5.60 Å². The Morgan fingerprint density at radius 2 is 1.80 bits per heavy atom. The highest BCUT2D eigenvalue weighted by molar-refractivity contribution is 5.77. The number of aryl methyl sites for hydroxylation is 1. The second kappa shape index (κ2) is 8.17. The Hall–Kier alpha value is -1.63. The standard InChI is InChI=1S/C19H28N2O4/c1-16-2-4-17(5-3-16)25-14-18(22)21-10-8-20(9-11-21)15-19(23)6-12-24-13-7-19/h2-5,23H,6-15H2,1H3. The van der Waals surface area contributed by atoms with E-state index in [2.05, 4.69) is 4.90 Å². The molecule has 0 bridgehead atoms. The van der Waals surface area contributed by atoms with Crippen molar-refractivity contribution in [3.63, 3.8) is 0 Å². The molecule has 2 fully saturated rings. The SMILES string of the molecule is Cc1ccc(OCC(=O)N2CCN(CC3(O)CCOCC3)CC2)cc1. The van der Waals surface area contributed by atoms with Crippen molar-refractivity contribution < 1.29 is 19.4 Å². The maximum Gasteiger partial charge on any atom is 0.260 e. The third-order valence-electron chi connectivity index (χ3n) is 5.05. The fourth-order valence-corrected chi connectivity index (χ4v) is 3.35. The van der Waals surface area contributed by atoms with Crippen molar-refractivity contribution in [2.24, 2.45) is 0 Å². The Morgan fingerprint density at radius 3 is 2.44 bits per heavy atom. The molecule has 2 saturated heterocycles. The highest BCUT2D eigenvalue weighted by Crippen LogP contribution is 2.22. The summed E-state index contributed by atoms with van der Waals surface area (Å²) in [4.78, 5) is 16.4. The van der Waals surface area contributed by atoms with Crippen LogP contribution in [0.2, 0.25) is 0 Å². The van der Waals surface area contributed by atoms with E-state index in [0.717, 1.165) is 18.8 Å². The summed E-state index contributed by atoms with van der Waals surface area (Å²) in [6, 6.07) is 7.71. The van der Waals surface area contributed by atoms with Crippen molar-refractivity contribution in [2.75, 3.05) is 52.5 Å². The second-order valence-corrected chi connectivity index (χ2v) is 7.10. The van der Waals surface area contributed by atoms with Gasteiger partial charge in [0.1, 0.15) is 5.75 Å². The molecule has 1 aromatic carbocycles. The van der Waals surface area contributed by atoms with Crippen molar-refractivity contribution in [2.45, 2.75) is 25.4 Å². The van der Waals surface area contributed by atoms with E-state index in [4.69, 9.17) is 9.47 Å². The maximum atomic E-state index is 12.3. The molecule has 6 heteroatoms. The molecule has 0 unspecified atom stereocenters. The molecule has 2 aliphatic heterocycles. The summed E-state index contributed by atoms with van der Waals surface area (Å²) in [7, 11) is 0. The molecule has 138 valence electrons. The first-order chi connectivity index (χ1) is 12.0. The normalized spacial score (nSPS) is 21.1. The number of β-amino-alcohol motifs (C(OH)–C–C–N with tert-alkyl or cyclic N) is 1. The van der Waals surface area contributed by atoms with Crippen LogP contribution in [0.3, 0.4) is 0 Å². The number of ether oxygens (including phenoxy) is 2. The number of amides is 1. The van der Waals surface area contributed by atoms with Crippen LogP contribution in [0.25, 0.3) is 0 Å². The van der Waals surface area contributed by atoms with E-state index in [-0.39, 0.29) is 12.5 Å². The van der Waals surface area contributed by atoms with Crippen LogP contribution in [0.15, 0.2) is 24.3 Å². The van der Waals surface area contributed by atoms with Crippen molar-refractivity contribution >= 4 is 5.91 Å². The van der Waals surface area contributed by atoms with Crippen molar-refractivity contribution in [3.05, 3.63) is 29.8 Å². The summed E-state index contributed by atoms with van der Waals surface area (Å²) < 4.78 is 10.9. The van der Waals surface area contributed by atoms with Crippen LogP contribution in [0, 0.1) is 6.92 Å². The van der Waals surface area contributed by atoms with Gasteiger partial charge in [0, 0.05) is 58.8 Å². The molecular formula is C19H28N2O4. The van der Waals surface area contributed by atoms with Gasteiger partial charge >= 0.3 is 0 Å².